The van der Waals surface area contributed by atoms with Crippen LogP contribution in [0.2, 0.25) is 11.1 Å². The molecule has 6 heteroatoms. The molecule has 0 aliphatic rings. The van der Waals surface area contributed by atoms with Gasteiger partial charge in [0, 0.05) is 0 Å². The molecule has 0 bridgehead atoms. The fraction of sp³-hybridized carbons (Fsp3) is 1.00. The standard InChI is InChI=1S/C6H14Cl4Si2/c1-5(2)11(7,6(3)4)12(8,9)10/h5-6H,1-4H3. The fourth-order valence-electron chi connectivity index (χ4n) is 1.32. The van der Waals surface area contributed by atoms with E-state index in [0.29, 0.717) is 11.1 Å². The lowest BCUT2D eigenvalue weighted by atomic mass is 10.5. The molecule has 0 amide bonds. The van der Waals surface area contributed by atoms with E-state index >= 15 is 0 Å². The van der Waals surface area contributed by atoms with Gasteiger partial charge in [0.25, 0.3) is 0 Å². The van der Waals surface area contributed by atoms with Crippen molar-refractivity contribution >= 4 is 56.7 Å². The molecule has 0 rings (SSSR count). The minimum absolute atomic E-state index is 0.318. The summed E-state index contributed by atoms with van der Waals surface area (Å²) >= 11 is 24.6. The Bertz CT molecular complexity index is 144. The average Bonchev–Trinajstić information content (AvgIpc) is 1.82. The molecule has 0 radical (unpaired) electrons. The molecule has 0 saturated heterocycles. The van der Waals surface area contributed by atoms with E-state index in [-0.39, 0.29) is 0 Å². The monoisotopic (exact) mass is 282 g/mol. The third kappa shape index (κ3) is 2.55. The molecule has 0 unspecified atom stereocenters. The van der Waals surface area contributed by atoms with Crippen LogP contribution in [0.4, 0.5) is 0 Å². The summed E-state index contributed by atoms with van der Waals surface area (Å²) in [5.41, 5.74) is -2.08. The Kier molecular flexibility index (Phi) is 4.99. The van der Waals surface area contributed by atoms with Gasteiger partial charge in [-0.3, -0.25) is 0 Å². The first-order chi connectivity index (χ1) is 5.14. The smallest absolute Gasteiger partial charge is 0.165 e. The summed E-state index contributed by atoms with van der Waals surface area (Å²) in [5.74, 6) is 0. The zero-order chi connectivity index (χ0) is 10.2. The van der Waals surface area contributed by atoms with Crippen LogP contribution in [0.25, 0.3) is 0 Å². The number of rotatable bonds is 3. The first-order valence-corrected chi connectivity index (χ1v) is 13.1. The molecule has 0 spiro atoms. The van der Waals surface area contributed by atoms with Crippen molar-refractivity contribution in [2.24, 2.45) is 0 Å². The minimum atomic E-state index is -2.72. The van der Waals surface area contributed by atoms with Gasteiger partial charge in [-0.25, -0.2) is 0 Å². The predicted octanol–water partition coefficient (Wildman–Crippen LogP) is 4.72. The molecule has 0 aromatic carbocycles. The molecule has 0 aromatic heterocycles. The molecule has 0 nitrogen and oxygen atoms in total. The van der Waals surface area contributed by atoms with Crippen LogP contribution < -0.4 is 0 Å². The van der Waals surface area contributed by atoms with E-state index in [4.69, 9.17) is 44.3 Å². The highest BCUT2D eigenvalue weighted by atomic mass is 35.9. The summed E-state index contributed by atoms with van der Waals surface area (Å²) in [6.07, 6.45) is 0. The van der Waals surface area contributed by atoms with Crippen molar-refractivity contribution in [2.75, 3.05) is 0 Å². The quantitative estimate of drug-likeness (QED) is 0.519. The lowest BCUT2D eigenvalue weighted by molar-refractivity contribution is 0.949. The third-order valence-corrected chi connectivity index (χ3v) is 28.6. The Hall–Kier alpha value is 1.59. The molecule has 0 aliphatic heterocycles. The number of hydrogen-bond acceptors (Lipinski definition) is 0. The lowest BCUT2D eigenvalue weighted by Gasteiger charge is -2.36. The summed E-state index contributed by atoms with van der Waals surface area (Å²) < 4.78 is 0. The van der Waals surface area contributed by atoms with Gasteiger partial charge in [-0.15, -0.1) is 33.2 Å². The highest BCUT2D eigenvalue weighted by Crippen LogP contribution is 2.48. The number of halogens is 4. The van der Waals surface area contributed by atoms with Gasteiger partial charge >= 0.3 is 5.52 Å². The normalized spacial score (nSPS) is 14.5. The maximum Gasteiger partial charge on any atom is 0.342 e. The molecule has 74 valence electrons. The van der Waals surface area contributed by atoms with Crippen molar-refractivity contribution in [1.82, 2.24) is 0 Å². The van der Waals surface area contributed by atoms with E-state index in [0.717, 1.165) is 0 Å². The van der Waals surface area contributed by atoms with Crippen molar-refractivity contribution in [3.8, 4) is 0 Å². The van der Waals surface area contributed by atoms with Gasteiger partial charge in [0.1, 0.15) is 0 Å². The van der Waals surface area contributed by atoms with Crippen LogP contribution in [0.1, 0.15) is 27.7 Å². The maximum atomic E-state index is 6.49. The third-order valence-electron chi connectivity index (χ3n) is 2.11. The zero-order valence-corrected chi connectivity index (χ0v) is 12.7. The van der Waals surface area contributed by atoms with E-state index in [2.05, 4.69) is 0 Å². The molecule has 0 N–H and O–H groups in total. The fourth-order valence-corrected chi connectivity index (χ4v) is 19.7. The highest BCUT2D eigenvalue weighted by molar-refractivity contribution is 7.95. The Morgan fingerprint density at radius 3 is 1.00 bits per heavy atom. The van der Waals surface area contributed by atoms with Crippen LogP contribution in [0.15, 0.2) is 0 Å². The molecule has 0 fully saturated rings. The van der Waals surface area contributed by atoms with Crippen molar-refractivity contribution in [3.05, 3.63) is 0 Å². The molecule has 0 aromatic rings. The van der Waals surface area contributed by atoms with Crippen LogP contribution in [-0.2, 0) is 0 Å². The lowest BCUT2D eigenvalue weighted by Crippen LogP contribution is -2.52. The molecule has 0 heterocycles. The Morgan fingerprint density at radius 2 is 1.00 bits per heavy atom. The Labute approximate surface area is 95.1 Å². The van der Waals surface area contributed by atoms with Crippen LogP contribution in [0.3, 0.4) is 0 Å². The molecule has 12 heavy (non-hydrogen) atoms. The average molecular weight is 284 g/mol. The van der Waals surface area contributed by atoms with Gasteiger partial charge in [-0.1, -0.05) is 27.7 Å². The van der Waals surface area contributed by atoms with Crippen molar-refractivity contribution in [3.63, 3.8) is 0 Å². The SMILES string of the molecule is CC(C)[Si](Cl)(C(C)C)[Si](Cl)(Cl)Cl. The predicted molar refractivity (Wildman–Crippen MR) is 65.1 cm³/mol. The van der Waals surface area contributed by atoms with Gasteiger partial charge in [0.15, 0.2) is 0 Å². The molecule has 0 aliphatic carbocycles. The van der Waals surface area contributed by atoms with Crippen LogP contribution in [-0.4, -0.2) is 12.4 Å². The van der Waals surface area contributed by atoms with Gasteiger partial charge in [0.2, 0.25) is 6.90 Å². The minimum Gasteiger partial charge on any atom is -0.165 e. The molecular weight excluding hydrogens is 270 g/mol. The first kappa shape index (κ1) is 13.6. The maximum absolute atomic E-state index is 6.49. The summed E-state index contributed by atoms with van der Waals surface area (Å²) in [6, 6.07) is 0. The highest BCUT2D eigenvalue weighted by Gasteiger charge is 2.57. The molecule has 0 saturated carbocycles. The van der Waals surface area contributed by atoms with Crippen molar-refractivity contribution in [2.45, 2.75) is 38.8 Å². The Balaban J connectivity index is 4.89. The Morgan fingerprint density at radius 1 is 0.750 bits per heavy atom. The molecule has 0 atom stereocenters. The van der Waals surface area contributed by atoms with E-state index in [1.54, 1.807) is 0 Å². The van der Waals surface area contributed by atoms with Crippen LogP contribution in [0, 0.1) is 0 Å². The van der Waals surface area contributed by atoms with Gasteiger partial charge in [-0.05, 0) is 11.1 Å². The van der Waals surface area contributed by atoms with E-state index in [1.807, 2.05) is 27.7 Å². The van der Waals surface area contributed by atoms with Crippen molar-refractivity contribution < 1.29 is 0 Å². The summed E-state index contributed by atoms with van der Waals surface area (Å²) in [5, 5.41) is 0. The second-order valence-corrected chi connectivity index (χ2v) is 25.7. The second-order valence-electron chi connectivity index (χ2n) is 3.58. The molecular formula is C6H14Cl4Si2. The van der Waals surface area contributed by atoms with Crippen LogP contribution in [0.5, 0.6) is 0 Å². The van der Waals surface area contributed by atoms with Gasteiger partial charge in [0.05, 0.1) is 0 Å². The topological polar surface area (TPSA) is 0 Å². The van der Waals surface area contributed by atoms with E-state index in [9.17, 15) is 0 Å². The second kappa shape index (κ2) is 4.41. The van der Waals surface area contributed by atoms with Crippen molar-refractivity contribution in [1.29, 1.82) is 0 Å². The van der Waals surface area contributed by atoms with E-state index < -0.39 is 12.4 Å². The largest absolute Gasteiger partial charge is 0.342 e. The summed E-state index contributed by atoms with van der Waals surface area (Å²) in [6.45, 7) is 6.00. The van der Waals surface area contributed by atoms with E-state index in [1.165, 1.54) is 0 Å². The summed E-state index contributed by atoms with van der Waals surface area (Å²) in [4.78, 5) is 0. The van der Waals surface area contributed by atoms with Crippen LogP contribution >= 0.6 is 44.3 Å². The first-order valence-electron chi connectivity index (χ1n) is 3.89. The summed E-state index contributed by atoms with van der Waals surface area (Å²) in [7, 11) is 0. The number of hydrogen-bond donors (Lipinski definition) is 0. The van der Waals surface area contributed by atoms with Gasteiger partial charge < -0.3 is 0 Å². The van der Waals surface area contributed by atoms with Gasteiger partial charge in [-0.2, -0.15) is 11.1 Å². The zero-order valence-electron chi connectivity index (χ0n) is 7.67.